The van der Waals surface area contributed by atoms with Crippen molar-refractivity contribution in [2.24, 2.45) is 0 Å². The molecule has 0 aliphatic heterocycles. The van der Waals surface area contributed by atoms with Crippen LogP contribution in [0.1, 0.15) is 5.69 Å². The molecule has 1 aromatic heterocycles. The van der Waals surface area contributed by atoms with E-state index in [1.165, 1.54) is 12.1 Å². The normalized spacial score (nSPS) is 11.8. The van der Waals surface area contributed by atoms with Gasteiger partial charge in [-0.1, -0.05) is 23.2 Å². The van der Waals surface area contributed by atoms with Gasteiger partial charge in [0.25, 0.3) is 0 Å². The van der Waals surface area contributed by atoms with Crippen molar-refractivity contribution in [2.45, 2.75) is 6.18 Å². The summed E-state index contributed by atoms with van der Waals surface area (Å²) in [6.45, 7) is 0. The first kappa shape index (κ1) is 13.0. The third-order valence-corrected chi connectivity index (χ3v) is 2.72. The van der Waals surface area contributed by atoms with Gasteiger partial charge in [-0.25, -0.2) is 4.68 Å². The highest BCUT2D eigenvalue weighted by atomic mass is 35.5. The van der Waals surface area contributed by atoms with Gasteiger partial charge in [0.05, 0.1) is 10.0 Å². The molecule has 1 heterocycles. The lowest BCUT2D eigenvalue weighted by Crippen LogP contribution is -2.07. The number of benzene rings is 1. The van der Waals surface area contributed by atoms with Gasteiger partial charge < -0.3 is 5.73 Å². The van der Waals surface area contributed by atoms with Crippen molar-refractivity contribution in [2.75, 3.05) is 5.73 Å². The summed E-state index contributed by atoms with van der Waals surface area (Å²) < 4.78 is 38.2. The average molecular weight is 296 g/mol. The molecular weight excluding hydrogens is 290 g/mol. The third kappa shape index (κ3) is 2.39. The van der Waals surface area contributed by atoms with Crippen LogP contribution >= 0.6 is 23.2 Å². The number of alkyl halides is 3. The highest BCUT2D eigenvalue weighted by Crippen LogP contribution is 2.33. The summed E-state index contributed by atoms with van der Waals surface area (Å²) in [7, 11) is 0. The lowest BCUT2D eigenvalue weighted by atomic mass is 10.3. The van der Waals surface area contributed by atoms with Crippen molar-refractivity contribution in [3.8, 4) is 5.69 Å². The number of hydrogen-bond acceptors (Lipinski definition) is 2. The van der Waals surface area contributed by atoms with Crippen LogP contribution in [0.3, 0.4) is 0 Å². The Morgan fingerprint density at radius 1 is 1.17 bits per heavy atom. The van der Waals surface area contributed by atoms with Crippen molar-refractivity contribution in [1.29, 1.82) is 0 Å². The minimum absolute atomic E-state index is 0.122. The summed E-state index contributed by atoms with van der Waals surface area (Å²) in [6.07, 6.45) is -3.38. The van der Waals surface area contributed by atoms with Crippen LogP contribution in [0.5, 0.6) is 0 Å². The van der Waals surface area contributed by atoms with Crippen molar-refractivity contribution in [3.63, 3.8) is 0 Å². The molecule has 0 aliphatic carbocycles. The maximum atomic E-state index is 12.4. The molecule has 1 aromatic carbocycles. The second-order valence-electron chi connectivity index (χ2n) is 3.48. The van der Waals surface area contributed by atoms with Gasteiger partial charge in [-0.2, -0.15) is 18.3 Å². The number of halogens is 5. The molecule has 0 saturated heterocycles. The zero-order chi connectivity index (χ0) is 13.5. The van der Waals surface area contributed by atoms with Gasteiger partial charge in [-0.3, -0.25) is 0 Å². The molecule has 0 amide bonds. The van der Waals surface area contributed by atoms with Crippen LogP contribution in [0.15, 0.2) is 24.4 Å². The Morgan fingerprint density at radius 2 is 1.72 bits per heavy atom. The van der Waals surface area contributed by atoms with E-state index in [-0.39, 0.29) is 15.7 Å². The number of nitrogen functional groups attached to an aromatic ring is 1. The van der Waals surface area contributed by atoms with Crippen LogP contribution < -0.4 is 5.73 Å². The molecule has 0 fully saturated rings. The van der Waals surface area contributed by atoms with Gasteiger partial charge >= 0.3 is 6.18 Å². The van der Waals surface area contributed by atoms with Crippen molar-refractivity contribution < 1.29 is 13.2 Å². The molecule has 0 spiro atoms. The molecular formula is C10H6Cl2F3N3. The zero-order valence-corrected chi connectivity index (χ0v) is 10.2. The summed E-state index contributed by atoms with van der Waals surface area (Å²) in [4.78, 5) is 0. The summed E-state index contributed by atoms with van der Waals surface area (Å²) >= 11 is 11.8. The van der Waals surface area contributed by atoms with Gasteiger partial charge in [0.1, 0.15) is 5.69 Å². The van der Waals surface area contributed by atoms with E-state index < -0.39 is 11.9 Å². The fourth-order valence-corrected chi connectivity index (χ4v) is 2.08. The van der Waals surface area contributed by atoms with E-state index >= 15 is 0 Å². The highest BCUT2D eigenvalue weighted by Gasteiger charge is 2.33. The lowest BCUT2D eigenvalue weighted by molar-refractivity contribution is -0.141. The molecule has 2 aromatic rings. The maximum absolute atomic E-state index is 12.4. The molecule has 0 saturated carbocycles. The monoisotopic (exact) mass is 295 g/mol. The summed E-state index contributed by atoms with van der Waals surface area (Å²) in [5, 5.41) is 3.63. The van der Waals surface area contributed by atoms with E-state index in [2.05, 4.69) is 5.10 Å². The predicted octanol–water partition coefficient (Wildman–Crippen LogP) is 3.78. The molecule has 8 heteroatoms. The number of hydrogen-bond donors (Lipinski definition) is 1. The maximum Gasteiger partial charge on any atom is 0.435 e. The number of aromatic nitrogens is 2. The Bertz CT molecular complexity index is 569. The molecule has 0 aliphatic rings. The quantitative estimate of drug-likeness (QED) is 0.814. The van der Waals surface area contributed by atoms with Gasteiger partial charge in [-0.05, 0) is 18.2 Å². The minimum Gasteiger partial charge on any atom is -0.399 e. The largest absolute Gasteiger partial charge is 0.435 e. The Labute approximate surface area is 110 Å². The van der Waals surface area contributed by atoms with Crippen molar-refractivity contribution in [3.05, 3.63) is 40.1 Å². The standard InChI is InChI=1S/C10H6Cl2F3N3/c11-6-3-5(16)4-7(12)9(6)18-2-1-8(17-18)10(13,14)15/h1-4H,16H2. The van der Waals surface area contributed by atoms with Crippen molar-refractivity contribution in [1.82, 2.24) is 9.78 Å². The minimum atomic E-state index is -4.52. The molecule has 0 atom stereocenters. The average Bonchev–Trinajstić information content (AvgIpc) is 2.64. The predicted molar refractivity (Wildman–Crippen MR) is 63.0 cm³/mol. The fraction of sp³-hybridized carbons (Fsp3) is 0.100. The molecule has 96 valence electrons. The second kappa shape index (κ2) is 4.37. The van der Waals surface area contributed by atoms with E-state index in [1.54, 1.807) is 0 Å². The lowest BCUT2D eigenvalue weighted by Gasteiger charge is -2.08. The van der Waals surface area contributed by atoms with Crippen LogP contribution in [0, 0.1) is 0 Å². The number of anilines is 1. The molecule has 3 nitrogen and oxygen atoms in total. The topological polar surface area (TPSA) is 43.8 Å². The van der Waals surface area contributed by atoms with Crippen LogP contribution in [-0.2, 0) is 6.18 Å². The molecule has 2 N–H and O–H groups in total. The Hall–Kier alpha value is -1.40. The van der Waals surface area contributed by atoms with Crippen LogP contribution in [0.25, 0.3) is 5.69 Å². The fourth-order valence-electron chi connectivity index (χ4n) is 1.40. The first-order chi connectivity index (χ1) is 8.29. The van der Waals surface area contributed by atoms with E-state index in [0.717, 1.165) is 16.9 Å². The number of nitrogens with zero attached hydrogens (tertiary/aromatic N) is 2. The van der Waals surface area contributed by atoms with Gasteiger partial charge in [0, 0.05) is 11.9 Å². The molecule has 0 bridgehead atoms. The van der Waals surface area contributed by atoms with E-state index in [0.29, 0.717) is 5.69 Å². The molecule has 0 unspecified atom stereocenters. The molecule has 0 radical (unpaired) electrons. The first-order valence-corrected chi connectivity index (χ1v) is 5.42. The van der Waals surface area contributed by atoms with Crippen LogP contribution in [0.4, 0.5) is 18.9 Å². The Kier molecular flexibility index (Phi) is 3.16. The van der Waals surface area contributed by atoms with E-state index in [4.69, 9.17) is 28.9 Å². The van der Waals surface area contributed by atoms with E-state index in [1.807, 2.05) is 0 Å². The SMILES string of the molecule is Nc1cc(Cl)c(-n2ccc(C(F)(F)F)n2)c(Cl)c1. The smallest absolute Gasteiger partial charge is 0.399 e. The molecule has 2 rings (SSSR count). The summed E-state index contributed by atoms with van der Waals surface area (Å²) in [6, 6.07) is 3.61. The highest BCUT2D eigenvalue weighted by molar-refractivity contribution is 6.38. The summed E-state index contributed by atoms with van der Waals surface area (Å²) in [5.41, 5.74) is 4.95. The number of rotatable bonds is 1. The second-order valence-corrected chi connectivity index (χ2v) is 4.29. The van der Waals surface area contributed by atoms with Gasteiger partial charge in [-0.15, -0.1) is 0 Å². The Balaban J connectivity index is 2.53. The van der Waals surface area contributed by atoms with Gasteiger partial charge in [0.2, 0.25) is 0 Å². The van der Waals surface area contributed by atoms with Crippen molar-refractivity contribution >= 4 is 28.9 Å². The third-order valence-electron chi connectivity index (χ3n) is 2.15. The molecule has 18 heavy (non-hydrogen) atoms. The first-order valence-electron chi connectivity index (χ1n) is 4.67. The van der Waals surface area contributed by atoms with Crippen LogP contribution in [0.2, 0.25) is 10.0 Å². The zero-order valence-electron chi connectivity index (χ0n) is 8.67. The van der Waals surface area contributed by atoms with Crippen LogP contribution in [-0.4, -0.2) is 9.78 Å². The van der Waals surface area contributed by atoms with E-state index in [9.17, 15) is 13.2 Å². The summed E-state index contributed by atoms with van der Waals surface area (Å²) in [5.74, 6) is 0. The number of nitrogens with two attached hydrogens (primary N) is 1. The van der Waals surface area contributed by atoms with Gasteiger partial charge in [0.15, 0.2) is 5.69 Å². The Morgan fingerprint density at radius 3 is 2.17 bits per heavy atom.